The lowest BCUT2D eigenvalue weighted by molar-refractivity contribution is -0.142. The van der Waals surface area contributed by atoms with Gasteiger partial charge in [-0.1, -0.05) is 39.8 Å². The average Bonchev–Trinajstić information content (AvgIpc) is 2.74. The first-order valence-electron chi connectivity index (χ1n) is 12.8. The Bertz CT molecular complexity index is 1010. The number of benzene rings is 1. The first-order valence-corrected chi connectivity index (χ1v) is 14.9. The molecule has 35 heavy (non-hydrogen) atoms. The minimum atomic E-state index is -2.51. The maximum absolute atomic E-state index is 13.5. The van der Waals surface area contributed by atoms with E-state index in [2.05, 4.69) is 33.8 Å². The van der Waals surface area contributed by atoms with Gasteiger partial charge in [-0.3, -0.25) is 14.6 Å². The standard InChI is InChI=1S/C29H44N2O3Si/c1-19(2)31(20(3)4)27(32)23-15-16-25(24(18-23)34-28(33)29(9,10)11)35(21(5)6,22(7)8)26-14-12-13-17-30-26/h12-22H,1-11H3. The van der Waals surface area contributed by atoms with Crippen molar-refractivity contribution in [2.24, 2.45) is 5.41 Å². The van der Waals surface area contributed by atoms with E-state index in [9.17, 15) is 9.59 Å². The van der Waals surface area contributed by atoms with Crippen LogP contribution >= 0.6 is 0 Å². The lowest BCUT2D eigenvalue weighted by Gasteiger charge is -2.40. The van der Waals surface area contributed by atoms with Gasteiger partial charge in [-0.2, -0.15) is 0 Å². The molecule has 0 unspecified atom stereocenters. The molecule has 0 atom stereocenters. The summed E-state index contributed by atoms with van der Waals surface area (Å²) in [6.45, 7) is 22.5. The van der Waals surface area contributed by atoms with Gasteiger partial charge < -0.3 is 9.64 Å². The Hall–Kier alpha value is -2.47. The molecule has 0 aliphatic heterocycles. The smallest absolute Gasteiger partial charge is 0.316 e. The Morgan fingerprint density at radius 3 is 1.89 bits per heavy atom. The highest BCUT2D eigenvalue weighted by molar-refractivity contribution is 7.04. The molecule has 6 heteroatoms. The molecule has 1 aromatic heterocycles. The summed E-state index contributed by atoms with van der Waals surface area (Å²) in [5, 5.41) is 2.07. The fourth-order valence-electron chi connectivity index (χ4n) is 5.17. The number of nitrogens with zero attached hydrogens (tertiary/aromatic N) is 2. The molecule has 1 amide bonds. The van der Waals surface area contributed by atoms with Crippen LogP contribution in [0.15, 0.2) is 42.6 Å². The largest absolute Gasteiger partial charge is 0.426 e. The number of rotatable bonds is 8. The summed E-state index contributed by atoms with van der Waals surface area (Å²) in [7, 11) is -2.51. The van der Waals surface area contributed by atoms with Crippen LogP contribution in [-0.2, 0) is 4.79 Å². The van der Waals surface area contributed by atoms with E-state index in [-0.39, 0.29) is 35.0 Å². The monoisotopic (exact) mass is 496 g/mol. The second kappa shape index (κ2) is 11.1. The number of carbonyl (C=O) groups is 2. The SMILES string of the molecule is CC(C)N(C(=O)c1ccc([Si](c2ccccn2)(C(C)C)C(C)C)c(OC(=O)C(C)(C)C)c1)C(C)C. The van der Waals surface area contributed by atoms with Gasteiger partial charge in [-0.05, 0) is 89.0 Å². The zero-order valence-electron chi connectivity index (χ0n) is 23.5. The Labute approximate surface area is 213 Å². The van der Waals surface area contributed by atoms with Gasteiger partial charge in [0.05, 0.1) is 5.41 Å². The van der Waals surface area contributed by atoms with Gasteiger partial charge in [-0.25, -0.2) is 0 Å². The minimum Gasteiger partial charge on any atom is -0.426 e. The summed E-state index contributed by atoms with van der Waals surface area (Å²) in [6.07, 6.45) is 1.84. The predicted octanol–water partition coefficient (Wildman–Crippen LogP) is 5.68. The highest BCUT2D eigenvalue weighted by Crippen LogP contribution is 2.35. The third kappa shape index (κ3) is 5.85. The van der Waals surface area contributed by atoms with Crippen molar-refractivity contribution in [2.75, 3.05) is 0 Å². The van der Waals surface area contributed by atoms with Crippen LogP contribution in [0.4, 0.5) is 0 Å². The van der Waals surface area contributed by atoms with E-state index < -0.39 is 13.5 Å². The Morgan fingerprint density at radius 2 is 1.46 bits per heavy atom. The molecule has 0 saturated heterocycles. The summed E-state index contributed by atoms with van der Waals surface area (Å²) < 4.78 is 6.13. The molecule has 1 aromatic carbocycles. The van der Waals surface area contributed by atoms with Gasteiger partial charge in [-0.15, -0.1) is 0 Å². The molecule has 0 fully saturated rings. The number of hydrogen-bond acceptors (Lipinski definition) is 4. The fourth-order valence-corrected chi connectivity index (χ4v) is 10.8. The van der Waals surface area contributed by atoms with E-state index >= 15 is 0 Å². The predicted molar refractivity (Wildman–Crippen MR) is 147 cm³/mol. The Morgan fingerprint density at radius 1 is 0.886 bits per heavy atom. The molecule has 0 N–H and O–H groups in total. The second-order valence-corrected chi connectivity index (χ2v) is 16.7. The van der Waals surface area contributed by atoms with Gasteiger partial charge in [0.15, 0.2) is 8.07 Å². The van der Waals surface area contributed by atoms with Crippen LogP contribution < -0.4 is 15.2 Å². The van der Waals surface area contributed by atoms with E-state index in [1.807, 2.05) is 83.8 Å². The van der Waals surface area contributed by atoms with E-state index in [0.717, 1.165) is 10.5 Å². The summed E-state index contributed by atoms with van der Waals surface area (Å²) in [5.41, 5.74) is 0.427. The average molecular weight is 497 g/mol. The van der Waals surface area contributed by atoms with Crippen molar-refractivity contribution in [3.05, 3.63) is 48.2 Å². The highest BCUT2D eigenvalue weighted by Gasteiger charge is 2.47. The Balaban J connectivity index is 2.85. The maximum atomic E-state index is 13.5. The molecule has 2 rings (SSSR count). The molecule has 2 aromatic rings. The van der Waals surface area contributed by atoms with Gasteiger partial charge in [0.1, 0.15) is 5.75 Å². The second-order valence-electron chi connectivity index (χ2n) is 11.6. The van der Waals surface area contributed by atoms with Crippen LogP contribution in [0.1, 0.15) is 86.5 Å². The van der Waals surface area contributed by atoms with Crippen LogP contribution in [0.25, 0.3) is 0 Å². The van der Waals surface area contributed by atoms with Crippen LogP contribution in [0.3, 0.4) is 0 Å². The third-order valence-corrected chi connectivity index (χ3v) is 12.8. The Kier molecular flexibility index (Phi) is 9.09. The molecule has 0 radical (unpaired) electrons. The van der Waals surface area contributed by atoms with Crippen molar-refractivity contribution >= 4 is 30.5 Å². The summed E-state index contributed by atoms with van der Waals surface area (Å²) in [5.74, 6) is 0.112. The van der Waals surface area contributed by atoms with Gasteiger partial charge >= 0.3 is 5.97 Å². The number of pyridine rings is 1. The van der Waals surface area contributed by atoms with Crippen LogP contribution in [0, 0.1) is 5.41 Å². The number of hydrogen-bond donors (Lipinski definition) is 0. The van der Waals surface area contributed by atoms with E-state index in [1.165, 1.54) is 0 Å². The van der Waals surface area contributed by atoms with Crippen LogP contribution in [0.2, 0.25) is 11.1 Å². The molecule has 5 nitrogen and oxygen atoms in total. The number of aromatic nitrogens is 1. The van der Waals surface area contributed by atoms with Crippen LogP contribution in [-0.4, -0.2) is 41.9 Å². The van der Waals surface area contributed by atoms with Crippen molar-refractivity contribution in [1.82, 2.24) is 9.88 Å². The van der Waals surface area contributed by atoms with Crippen molar-refractivity contribution in [1.29, 1.82) is 0 Å². The van der Waals surface area contributed by atoms with Crippen molar-refractivity contribution < 1.29 is 14.3 Å². The number of carbonyl (C=O) groups excluding carboxylic acids is 2. The van der Waals surface area contributed by atoms with Gasteiger partial charge in [0.2, 0.25) is 0 Å². The first-order chi connectivity index (χ1) is 16.1. The molecule has 0 aliphatic carbocycles. The summed E-state index contributed by atoms with van der Waals surface area (Å²) in [6, 6.07) is 11.9. The molecule has 0 bridgehead atoms. The lowest BCUT2D eigenvalue weighted by Crippen LogP contribution is -2.64. The lowest BCUT2D eigenvalue weighted by atomic mass is 9.97. The van der Waals surface area contributed by atoms with Crippen molar-refractivity contribution in [2.45, 2.75) is 99.3 Å². The molecule has 0 spiro atoms. The normalized spacial score (nSPS) is 12.5. The molecule has 192 valence electrons. The first kappa shape index (κ1) is 28.8. The molecule has 0 aliphatic rings. The third-order valence-electron chi connectivity index (χ3n) is 6.75. The topological polar surface area (TPSA) is 59.5 Å². The summed E-state index contributed by atoms with van der Waals surface area (Å²) >= 11 is 0. The van der Waals surface area contributed by atoms with E-state index in [0.29, 0.717) is 11.3 Å². The molecular weight excluding hydrogens is 452 g/mol. The zero-order valence-corrected chi connectivity index (χ0v) is 24.5. The quantitative estimate of drug-likeness (QED) is 0.268. The van der Waals surface area contributed by atoms with Gasteiger partial charge in [0.25, 0.3) is 5.91 Å². The molecule has 1 heterocycles. The summed E-state index contributed by atoms with van der Waals surface area (Å²) in [4.78, 5) is 33.3. The minimum absolute atomic E-state index is 0.0519. The van der Waals surface area contributed by atoms with Crippen molar-refractivity contribution in [3.8, 4) is 5.75 Å². The number of esters is 1. The molecule has 0 saturated carbocycles. The number of amides is 1. The maximum Gasteiger partial charge on any atom is 0.316 e. The van der Waals surface area contributed by atoms with Gasteiger partial charge in [0, 0.05) is 29.2 Å². The zero-order chi connectivity index (χ0) is 26.7. The van der Waals surface area contributed by atoms with E-state index in [4.69, 9.17) is 9.72 Å². The van der Waals surface area contributed by atoms with Crippen molar-refractivity contribution in [3.63, 3.8) is 0 Å². The molecular formula is C29H44N2O3Si. The van der Waals surface area contributed by atoms with E-state index in [1.54, 1.807) is 6.07 Å². The number of ether oxygens (including phenoxy) is 1. The highest BCUT2D eigenvalue weighted by atomic mass is 28.3. The fraction of sp³-hybridized carbons (Fsp3) is 0.552. The van der Waals surface area contributed by atoms with Crippen LogP contribution in [0.5, 0.6) is 5.75 Å².